The number of nitrogens with one attached hydrogen (secondary N) is 3. The van der Waals surface area contributed by atoms with E-state index in [9.17, 15) is 9.59 Å². The summed E-state index contributed by atoms with van der Waals surface area (Å²) in [6.07, 6.45) is 1.53. The Balaban J connectivity index is 1.56. The highest BCUT2D eigenvalue weighted by atomic mass is 16.5. The summed E-state index contributed by atoms with van der Waals surface area (Å²) in [5.74, 6) is 0.492. The number of nitrogens with zero attached hydrogens (tertiary/aromatic N) is 2. The molecule has 0 radical (unpaired) electrons. The number of hydrogen-bond donors (Lipinski definition) is 3. The molecule has 8 heteroatoms. The fourth-order valence-electron chi connectivity index (χ4n) is 4.52. The first-order chi connectivity index (χ1) is 18.0. The average Bonchev–Trinajstić information content (AvgIpc) is 3.32. The first kappa shape index (κ1) is 23.9. The maximum Gasteiger partial charge on any atom is 0.261 e. The summed E-state index contributed by atoms with van der Waals surface area (Å²) in [5.41, 5.74) is 4.67. The van der Waals surface area contributed by atoms with Crippen LogP contribution in [-0.2, 0) is 4.79 Å². The Morgan fingerprint density at radius 1 is 0.919 bits per heavy atom. The van der Waals surface area contributed by atoms with Crippen molar-refractivity contribution in [2.24, 2.45) is 0 Å². The van der Waals surface area contributed by atoms with Gasteiger partial charge in [0.05, 0.1) is 24.6 Å². The molecule has 3 aromatic carbocycles. The van der Waals surface area contributed by atoms with E-state index in [0.717, 1.165) is 11.1 Å². The van der Waals surface area contributed by atoms with Crippen molar-refractivity contribution in [1.29, 1.82) is 0 Å². The number of benzene rings is 3. The summed E-state index contributed by atoms with van der Waals surface area (Å²) in [7, 11) is 1.56. The maximum atomic E-state index is 13.7. The fourth-order valence-corrected chi connectivity index (χ4v) is 4.52. The standard InChI is InChI=1S/C29H27N5O3/c1-18-10-9-11-20(16-18)26-25(29(36)33-23-14-7-8-15-24(23)37-3)19(2)31-27-22(17-30-34(26)27)28(35)32-21-12-5-4-6-13-21/h4-17,26,31H,1-3H3,(H,32,35)(H,33,36)/t26-/m0/s1. The molecule has 0 saturated carbocycles. The third-order valence-electron chi connectivity index (χ3n) is 6.26. The highest BCUT2D eigenvalue weighted by Crippen LogP contribution is 2.38. The van der Waals surface area contributed by atoms with Crippen LogP contribution in [0.5, 0.6) is 5.75 Å². The molecule has 1 aliphatic heterocycles. The van der Waals surface area contributed by atoms with Crippen LogP contribution < -0.4 is 20.7 Å². The van der Waals surface area contributed by atoms with Crippen molar-refractivity contribution in [2.45, 2.75) is 19.9 Å². The van der Waals surface area contributed by atoms with Gasteiger partial charge in [-0.3, -0.25) is 9.59 Å². The molecule has 0 fully saturated rings. The molecule has 0 unspecified atom stereocenters. The molecule has 5 rings (SSSR count). The van der Waals surface area contributed by atoms with Gasteiger partial charge in [0.2, 0.25) is 0 Å². The molecule has 2 amide bonds. The molecular formula is C29H27N5O3. The Kier molecular flexibility index (Phi) is 6.47. The molecule has 186 valence electrons. The van der Waals surface area contributed by atoms with Gasteiger partial charge in [0.15, 0.2) is 0 Å². The zero-order valence-electron chi connectivity index (χ0n) is 20.8. The number of allylic oxidation sites excluding steroid dienone is 1. The predicted octanol–water partition coefficient (Wildman–Crippen LogP) is 5.38. The monoisotopic (exact) mass is 493 g/mol. The molecule has 8 nitrogen and oxygen atoms in total. The molecule has 1 atom stereocenters. The highest BCUT2D eigenvalue weighted by molar-refractivity contribution is 6.09. The number of methoxy groups -OCH3 is 1. The van der Waals surface area contributed by atoms with Crippen molar-refractivity contribution < 1.29 is 14.3 Å². The average molecular weight is 494 g/mol. The molecule has 0 spiro atoms. The van der Waals surface area contributed by atoms with E-state index >= 15 is 0 Å². The Labute approximate surface area is 215 Å². The molecule has 0 bridgehead atoms. The molecule has 1 aliphatic rings. The van der Waals surface area contributed by atoms with E-state index in [2.05, 4.69) is 21.0 Å². The minimum Gasteiger partial charge on any atom is -0.495 e. The van der Waals surface area contributed by atoms with Crippen LogP contribution in [-0.4, -0.2) is 28.7 Å². The van der Waals surface area contributed by atoms with Gasteiger partial charge in [0.1, 0.15) is 23.2 Å². The number of anilines is 3. The summed E-state index contributed by atoms with van der Waals surface area (Å²) in [4.78, 5) is 26.9. The van der Waals surface area contributed by atoms with Crippen molar-refractivity contribution in [3.8, 4) is 5.75 Å². The molecule has 1 aromatic heterocycles. The summed E-state index contributed by atoms with van der Waals surface area (Å²) < 4.78 is 7.11. The van der Waals surface area contributed by atoms with Crippen molar-refractivity contribution in [2.75, 3.05) is 23.1 Å². The number of aryl methyl sites for hydroxylation is 1. The fraction of sp³-hybridized carbons (Fsp3) is 0.138. The number of rotatable bonds is 6. The number of amides is 2. The first-order valence-corrected chi connectivity index (χ1v) is 11.9. The number of aromatic nitrogens is 2. The van der Waals surface area contributed by atoms with Gasteiger partial charge < -0.3 is 20.7 Å². The zero-order valence-corrected chi connectivity index (χ0v) is 20.8. The molecule has 37 heavy (non-hydrogen) atoms. The van der Waals surface area contributed by atoms with Crippen molar-refractivity contribution in [3.05, 3.63) is 113 Å². The van der Waals surface area contributed by atoms with Crippen molar-refractivity contribution in [3.63, 3.8) is 0 Å². The van der Waals surface area contributed by atoms with Crippen LogP contribution in [0.1, 0.15) is 34.5 Å². The smallest absolute Gasteiger partial charge is 0.261 e. The number of carbonyl (C=O) groups excluding carboxylic acids is 2. The topological polar surface area (TPSA) is 97.3 Å². The lowest BCUT2D eigenvalue weighted by Crippen LogP contribution is -2.32. The van der Waals surface area contributed by atoms with Gasteiger partial charge >= 0.3 is 0 Å². The van der Waals surface area contributed by atoms with E-state index in [1.54, 1.807) is 23.9 Å². The molecule has 3 N–H and O–H groups in total. The normalized spacial score (nSPS) is 14.4. The molecule has 0 aliphatic carbocycles. The maximum absolute atomic E-state index is 13.7. The van der Waals surface area contributed by atoms with Crippen LogP contribution in [0.15, 0.2) is 96.3 Å². The van der Waals surface area contributed by atoms with Crippen LogP contribution in [0.25, 0.3) is 0 Å². The van der Waals surface area contributed by atoms with E-state index < -0.39 is 6.04 Å². The van der Waals surface area contributed by atoms with Gasteiger partial charge in [0, 0.05) is 11.4 Å². The van der Waals surface area contributed by atoms with Gasteiger partial charge in [0.25, 0.3) is 11.8 Å². The molecule has 4 aromatic rings. The minimum atomic E-state index is -0.552. The summed E-state index contributed by atoms with van der Waals surface area (Å²) in [6.45, 7) is 3.83. The van der Waals surface area contributed by atoms with Gasteiger partial charge in [-0.25, -0.2) is 4.68 Å². The van der Waals surface area contributed by atoms with Crippen molar-refractivity contribution >= 4 is 29.0 Å². The van der Waals surface area contributed by atoms with Crippen LogP contribution in [0.3, 0.4) is 0 Å². The van der Waals surface area contributed by atoms with Gasteiger partial charge in [-0.1, -0.05) is 60.2 Å². The van der Waals surface area contributed by atoms with E-state index in [-0.39, 0.29) is 11.8 Å². The molecule has 2 heterocycles. The number of hydrogen-bond acceptors (Lipinski definition) is 5. The Morgan fingerprint density at radius 2 is 1.68 bits per heavy atom. The Morgan fingerprint density at radius 3 is 2.43 bits per heavy atom. The second-order valence-corrected chi connectivity index (χ2v) is 8.81. The van der Waals surface area contributed by atoms with E-state index in [4.69, 9.17) is 4.74 Å². The number of ether oxygens (including phenoxy) is 1. The molecule has 0 saturated heterocycles. The Bertz CT molecular complexity index is 1510. The van der Waals surface area contributed by atoms with Crippen LogP contribution in [0, 0.1) is 6.92 Å². The van der Waals surface area contributed by atoms with Gasteiger partial charge in [-0.2, -0.15) is 5.10 Å². The molecular weight excluding hydrogens is 466 g/mol. The number of fused-ring (bicyclic) bond motifs is 1. The highest BCUT2D eigenvalue weighted by Gasteiger charge is 2.35. The lowest BCUT2D eigenvalue weighted by Gasteiger charge is -2.30. The zero-order chi connectivity index (χ0) is 25.9. The SMILES string of the molecule is COc1ccccc1NC(=O)C1=C(C)Nc2c(C(=O)Nc3ccccc3)cnn2[C@H]1c1cccc(C)c1. The van der Waals surface area contributed by atoms with Crippen LogP contribution in [0.2, 0.25) is 0 Å². The lowest BCUT2D eigenvalue weighted by molar-refractivity contribution is -0.113. The second-order valence-electron chi connectivity index (χ2n) is 8.81. The summed E-state index contributed by atoms with van der Waals surface area (Å²) in [6, 6.07) is 23.9. The summed E-state index contributed by atoms with van der Waals surface area (Å²) >= 11 is 0. The van der Waals surface area contributed by atoms with E-state index in [0.29, 0.717) is 39.8 Å². The quantitative estimate of drug-likeness (QED) is 0.335. The predicted molar refractivity (Wildman–Crippen MR) is 144 cm³/mol. The van der Waals surface area contributed by atoms with Crippen LogP contribution in [0.4, 0.5) is 17.2 Å². The van der Waals surface area contributed by atoms with E-state index in [1.807, 2.05) is 80.6 Å². The third-order valence-corrected chi connectivity index (χ3v) is 6.26. The van der Waals surface area contributed by atoms with Crippen LogP contribution >= 0.6 is 0 Å². The third kappa shape index (κ3) is 4.69. The minimum absolute atomic E-state index is 0.294. The first-order valence-electron chi connectivity index (χ1n) is 11.9. The van der Waals surface area contributed by atoms with E-state index in [1.165, 1.54) is 6.20 Å². The second kappa shape index (κ2) is 10.0. The van der Waals surface area contributed by atoms with Gasteiger partial charge in [-0.05, 0) is 43.7 Å². The van der Waals surface area contributed by atoms with Gasteiger partial charge in [-0.15, -0.1) is 0 Å². The number of carbonyl (C=O) groups is 2. The van der Waals surface area contributed by atoms with Crippen molar-refractivity contribution in [1.82, 2.24) is 9.78 Å². The number of para-hydroxylation sites is 3. The summed E-state index contributed by atoms with van der Waals surface area (Å²) in [5, 5.41) is 13.7. The Hall–Kier alpha value is -4.85. The largest absolute Gasteiger partial charge is 0.495 e. The lowest BCUT2D eigenvalue weighted by atomic mass is 9.93.